The van der Waals surface area contributed by atoms with E-state index in [1.807, 2.05) is 13.8 Å². The maximum absolute atomic E-state index is 11.9. The first-order valence-corrected chi connectivity index (χ1v) is 6.50. The second-order valence-electron chi connectivity index (χ2n) is 4.98. The first kappa shape index (κ1) is 15.9. The first-order chi connectivity index (χ1) is 9.40. The molecule has 0 aliphatic heterocycles. The molecule has 1 heterocycles. The number of rotatable bonds is 7. The third-order valence-corrected chi connectivity index (χ3v) is 2.64. The van der Waals surface area contributed by atoms with Crippen molar-refractivity contribution in [2.45, 2.75) is 39.3 Å². The smallest absolute Gasteiger partial charge is 0.326 e. The van der Waals surface area contributed by atoms with E-state index in [0.717, 1.165) is 0 Å². The Kier molecular flexibility index (Phi) is 5.96. The van der Waals surface area contributed by atoms with Crippen molar-refractivity contribution in [2.75, 3.05) is 0 Å². The Balaban J connectivity index is 2.57. The van der Waals surface area contributed by atoms with E-state index in [1.165, 1.54) is 6.20 Å². The fraction of sp³-hybridized carbons (Fsp3) is 0.500. The van der Waals surface area contributed by atoms with Gasteiger partial charge in [0.2, 0.25) is 0 Å². The molecule has 1 unspecified atom stereocenters. The third kappa shape index (κ3) is 5.26. The molecule has 0 aliphatic rings. The Labute approximate surface area is 118 Å². The summed E-state index contributed by atoms with van der Waals surface area (Å²) in [5.41, 5.74) is 0. The Morgan fingerprint density at radius 1 is 1.40 bits per heavy atom. The lowest BCUT2D eigenvalue weighted by atomic mass is 10.0. The van der Waals surface area contributed by atoms with Gasteiger partial charge in [-0.25, -0.2) is 4.79 Å². The van der Waals surface area contributed by atoms with Gasteiger partial charge in [0.1, 0.15) is 11.8 Å². The molecule has 1 amide bonds. The maximum Gasteiger partial charge on any atom is 0.326 e. The second kappa shape index (κ2) is 7.47. The number of nitrogens with one attached hydrogen (secondary N) is 1. The summed E-state index contributed by atoms with van der Waals surface area (Å²) in [6, 6.07) is 2.47. The third-order valence-electron chi connectivity index (χ3n) is 2.64. The zero-order valence-electron chi connectivity index (χ0n) is 11.9. The molecule has 0 fully saturated rings. The van der Waals surface area contributed by atoms with Gasteiger partial charge in [-0.3, -0.25) is 9.78 Å². The van der Waals surface area contributed by atoms with E-state index in [0.29, 0.717) is 12.2 Å². The molecule has 1 aromatic heterocycles. The van der Waals surface area contributed by atoms with Crippen LogP contribution in [-0.2, 0) is 9.59 Å². The van der Waals surface area contributed by atoms with Gasteiger partial charge in [0.05, 0.1) is 6.20 Å². The molecule has 110 valence electrons. The van der Waals surface area contributed by atoms with Crippen LogP contribution in [0.1, 0.15) is 27.2 Å². The van der Waals surface area contributed by atoms with Gasteiger partial charge in [-0.05, 0) is 31.4 Å². The van der Waals surface area contributed by atoms with Crippen molar-refractivity contribution in [3.05, 3.63) is 24.5 Å². The molecule has 2 atom stereocenters. The van der Waals surface area contributed by atoms with Crippen LogP contribution < -0.4 is 10.1 Å². The minimum absolute atomic E-state index is 0.172. The largest absolute Gasteiger partial charge is 0.480 e. The SMILES string of the molecule is CC(C)C[C@@H](NC(=O)C(C)Oc1cccnc1)C(=O)O. The van der Waals surface area contributed by atoms with Crippen molar-refractivity contribution in [2.24, 2.45) is 5.92 Å². The van der Waals surface area contributed by atoms with E-state index in [9.17, 15) is 9.59 Å². The van der Waals surface area contributed by atoms with Gasteiger partial charge in [-0.2, -0.15) is 0 Å². The lowest BCUT2D eigenvalue weighted by Crippen LogP contribution is -2.46. The molecule has 0 aromatic carbocycles. The van der Waals surface area contributed by atoms with E-state index in [1.54, 1.807) is 25.3 Å². The Morgan fingerprint density at radius 2 is 2.10 bits per heavy atom. The number of carbonyl (C=O) groups excluding carboxylic acids is 1. The Morgan fingerprint density at radius 3 is 2.60 bits per heavy atom. The molecular formula is C14H20N2O4. The fourth-order valence-corrected chi connectivity index (χ4v) is 1.66. The van der Waals surface area contributed by atoms with E-state index in [2.05, 4.69) is 10.3 Å². The number of nitrogens with zero attached hydrogens (tertiary/aromatic N) is 1. The van der Waals surface area contributed by atoms with E-state index in [4.69, 9.17) is 9.84 Å². The van der Waals surface area contributed by atoms with Gasteiger partial charge in [0.15, 0.2) is 6.10 Å². The molecule has 0 bridgehead atoms. The standard InChI is InChI=1S/C14H20N2O4/c1-9(2)7-12(14(18)19)16-13(17)10(3)20-11-5-4-6-15-8-11/h4-6,8-10,12H,7H2,1-3H3,(H,16,17)(H,18,19)/t10?,12-/m1/s1. The highest BCUT2D eigenvalue weighted by Crippen LogP contribution is 2.10. The molecule has 20 heavy (non-hydrogen) atoms. The van der Waals surface area contributed by atoms with Crippen molar-refractivity contribution < 1.29 is 19.4 Å². The highest BCUT2D eigenvalue weighted by atomic mass is 16.5. The minimum atomic E-state index is -1.04. The highest BCUT2D eigenvalue weighted by Gasteiger charge is 2.24. The number of carbonyl (C=O) groups is 2. The van der Waals surface area contributed by atoms with Gasteiger partial charge in [-0.15, -0.1) is 0 Å². The number of aliphatic carboxylic acids is 1. The first-order valence-electron chi connectivity index (χ1n) is 6.50. The van der Waals surface area contributed by atoms with Crippen LogP contribution >= 0.6 is 0 Å². The number of hydrogen-bond donors (Lipinski definition) is 2. The van der Waals surface area contributed by atoms with E-state index in [-0.39, 0.29) is 5.92 Å². The average Bonchev–Trinajstić information content (AvgIpc) is 2.38. The number of carboxylic acid groups (broad SMARTS) is 1. The quantitative estimate of drug-likeness (QED) is 0.789. The van der Waals surface area contributed by atoms with Gasteiger partial charge >= 0.3 is 5.97 Å². The second-order valence-corrected chi connectivity index (χ2v) is 4.98. The Bertz CT molecular complexity index is 448. The van der Waals surface area contributed by atoms with E-state index < -0.39 is 24.0 Å². The van der Waals surface area contributed by atoms with Gasteiger partial charge in [0, 0.05) is 6.20 Å². The van der Waals surface area contributed by atoms with Crippen LogP contribution in [0.2, 0.25) is 0 Å². The molecule has 0 saturated carbocycles. The normalized spacial score (nSPS) is 13.6. The number of ether oxygens (including phenoxy) is 1. The molecule has 1 rings (SSSR count). The molecule has 2 N–H and O–H groups in total. The van der Waals surface area contributed by atoms with Crippen molar-refractivity contribution in [1.82, 2.24) is 10.3 Å². The van der Waals surface area contributed by atoms with Crippen molar-refractivity contribution in [1.29, 1.82) is 0 Å². The van der Waals surface area contributed by atoms with Crippen molar-refractivity contribution in [3.8, 4) is 5.75 Å². The number of amides is 1. The monoisotopic (exact) mass is 280 g/mol. The van der Waals surface area contributed by atoms with Crippen LogP contribution in [0.25, 0.3) is 0 Å². The Hall–Kier alpha value is -2.11. The summed E-state index contributed by atoms with van der Waals surface area (Å²) < 4.78 is 5.39. The van der Waals surface area contributed by atoms with Crippen molar-refractivity contribution >= 4 is 11.9 Å². The van der Waals surface area contributed by atoms with Crippen molar-refractivity contribution in [3.63, 3.8) is 0 Å². The number of carboxylic acids is 1. The summed E-state index contributed by atoms with van der Waals surface area (Å²) in [4.78, 5) is 26.9. The van der Waals surface area contributed by atoms with Crippen LogP contribution in [0.5, 0.6) is 5.75 Å². The van der Waals surface area contributed by atoms with Crippen LogP contribution in [0.3, 0.4) is 0 Å². The molecule has 1 aromatic rings. The molecule has 0 radical (unpaired) electrons. The molecular weight excluding hydrogens is 260 g/mol. The molecule has 0 spiro atoms. The van der Waals surface area contributed by atoms with Crippen LogP contribution in [0.4, 0.5) is 0 Å². The maximum atomic E-state index is 11.9. The predicted molar refractivity (Wildman–Crippen MR) is 73.3 cm³/mol. The summed E-state index contributed by atoms with van der Waals surface area (Å²) in [6.07, 6.45) is 2.68. The average molecular weight is 280 g/mol. The lowest BCUT2D eigenvalue weighted by molar-refractivity contribution is -0.143. The number of pyridine rings is 1. The van der Waals surface area contributed by atoms with E-state index >= 15 is 0 Å². The van der Waals surface area contributed by atoms with Crippen LogP contribution in [0.15, 0.2) is 24.5 Å². The molecule has 0 aliphatic carbocycles. The summed E-state index contributed by atoms with van der Waals surface area (Å²) in [7, 11) is 0. The summed E-state index contributed by atoms with van der Waals surface area (Å²) in [6.45, 7) is 5.37. The molecule has 0 saturated heterocycles. The summed E-state index contributed by atoms with van der Waals surface area (Å²) >= 11 is 0. The zero-order chi connectivity index (χ0) is 15.1. The minimum Gasteiger partial charge on any atom is -0.480 e. The summed E-state index contributed by atoms with van der Waals surface area (Å²) in [5.74, 6) is -0.862. The predicted octanol–water partition coefficient (Wildman–Crippen LogP) is 1.46. The topological polar surface area (TPSA) is 88.5 Å². The highest BCUT2D eigenvalue weighted by molar-refractivity contribution is 5.86. The fourth-order valence-electron chi connectivity index (χ4n) is 1.66. The van der Waals surface area contributed by atoms with Gasteiger partial charge < -0.3 is 15.2 Å². The number of hydrogen-bond acceptors (Lipinski definition) is 4. The zero-order valence-corrected chi connectivity index (χ0v) is 11.9. The van der Waals surface area contributed by atoms with Gasteiger partial charge in [0.25, 0.3) is 5.91 Å². The number of aromatic nitrogens is 1. The lowest BCUT2D eigenvalue weighted by Gasteiger charge is -2.19. The van der Waals surface area contributed by atoms with Crippen LogP contribution in [-0.4, -0.2) is 34.1 Å². The summed E-state index contributed by atoms with van der Waals surface area (Å²) in [5, 5.41) is 11.6. The van der Waals surface area contributed by atoms with Crippen LogP contribution in [0, 0.1) is 5.92 Å². The van der Waals surface area contributed by atoms with Gasteiger partial charge in [-0.1, -0.05) is 13.8 Å². The molecule has 6 heteroatoms. The molecule has 6 nitrogen and oxygen atoms in total.